The normalized spacial score (nSPS) is 23.0. The van der Waals surface area contributed by atoms with Crippen LogP contribution in [-0.2, 0) is 0 Å². The third kappa shape index (κ3) is 2.93. The second-order valence-corrected chi connectivity index (χ2v) is 5.35. The average Bonchev–Trinajstić information content (AvgIpc) is 2.75. The number of carbonyl (C=O) groups is 1. The van der Waals surface area contributed by atoms with Crippen molar-refractivity contribution in [2.45, 2.75) is 26.2 Å². The monoisotopic (exact) mass is 267 g/mol. The molecule has 1 aromatic heterocycles. The van der Waals surface area contributed by atoms with Gasteiger partial charge in [-0.3, -0.25) is 4.79 Å². The molecular formula is C13H18ClN3O. The summed E-state index contributed by atoms with van der Waals surface area (Å²) in [5, 5.41) is 3.23. The van der Waals surface area contributed by atoms with E-state index in [1.807, 2.05) is 0 Å². The SMILES string of the molecule is CC1CCCC1CNC(=O)c1nc(N)ccc1Cl. The minimum Gasteiger partial charge on any atom is -0.384 e. The Kier molecular flexibility index (Phi) is 4.07. The van der Waals surface area contributed by atoms with Crippen molar-refractivity contribution in [3.8, 4) is 0 Å². The van der Waals surface area contributed by atoms with Crippen molar-refractivity contribution in [3.63, 3.8) is 0 Å². The van der Waals surface area contributed by atoms with Gasteiger partial charge < -0.3 is 11.1 Å². The van der Waals surface area contributed by atoms with Gasteiger partial charge >= 0.3 is 0 Å². The molecule has 0 radical (unpaired) electrons. The number of rotatable bonds is 3. The van der Waals surface area contributed by atoms with E-state index in [0.717, 1.165) is 0 Å². The maximum atomic E-state index is 12.0. The van der Waals surface area contributed by atoms with E-state index in [2.05, 4.69) is 17.2 Å². The summed E-state index contributed by atoms with van der Waals surface area (Å²) in [4.78, 5) is 15.9. The lowest BCUT2D eigenvalue weighted by Crippen LogP contribution is -2.31. The van der Waals surface area contributed by atoms with E-state index < -0.39 is 0 Å². The molecule has 1 aromatic rings. The van der Waals surface area contributed by atoms with Gasteiger partial charge in [-0.05, 0) is 30.4 Å². The van der Waals surface area contributed by atoms with E-state index in [9.17, 15) is 4.79 Å². The molecule has 1 amide bonds. The Labute approximate surface area is 112 Å². The molecule has 18 heavy (non-hydrogen) atoms. The van der Waals surface area contributed by atoms with Gasteiger partial charge in [0.15, 0.2) is 0 Å². The van der Waals surface area contributed by atoms with Crippen LogP contribution in [0.25, 0.3) is 0 Å². The van der Waals surface area contributed by atoms with Gasteiger partial charge in [0, 0.05) is 6.54 Å². The zero-order valence-electron chi connectivity index (χ0n) is 10.4. The first-order valence-corrected chi connectivity index (χ1v) is 6.66. The number of nitrogen functional groups attached to an aromatic ring is 1. The van der Waals surface area contributed by atoms with Gasteiger partial charge in [0.25, 0.3) is 5.91 Å². The average molecular weight is 268 g/mol. The first-order chi connectivity index (χ1) is 8.58. The van der Waals surface area contributed by atoms with Crippen LogP contribution in [0.3, 0.4) is 0 Å². The van der Waals surface area contributed by atoms with Crippen molar-refractivity contribution in [2.24, 2.45) is 11.8 Å². The maximum Gasteiger partial charge on any atom is 0.271 e. The highest BCUT2D eigenvalue weighted by Crippen LogP contribution is 2.30. The van der Waals surface area contributed by atoms with E-state index in [0.29, 0.717) is 29.2 Å². The topological polar surface area (TPSA) is 68.0 Å². The largest absolute Gasteiger partial charge is 0.384 e. The Bertz CT molecular complexity index is 450. The van der Waals surface area contributed by atoms with Gasteiger partial charge in [-0.25, -0.2) is 4.98 Å². The summed E-state index contributed by atoms with van der Waals surface area (Å²) in [6.45, 7) is 2.92. The van der Waals surface area contributed by atoms with Gasteiger partial charge in [-0.2, -0.15) is 0 Å². The number of hydrogen-bond acceptors (Lipinski definition) is 3. The molecular weight excluding hydrogens is 250 g/mol. The number of nitrogens with two attached hydrogens (primary N) is 1. The van der Waals surface area contributed by atoms with Crippen LogP contribution >= 0.6 is 11.6 Å². The zero-order chi connectivity index (χ0) is 13.1. The Morgan fingerprint density at radius 2 is 2.33 bits per heavy atom. The molecule has 2 atom stereocenters. The third-order valence-electron chi connectivity index (χ3n) is 3.65. The molecule has 0 aromatic carbocycles. The number of pyridine rings is 1. The molecule has 4 nitrogen and oxygen atoms in total. The quantitative estimate of drug-likeness (QED) is 0.884. The summed E-state index contributed by atoms with van der Waals surface area (Å²) in [5.41, 5.74) is 5.77. The van der Waals surface area contributed by atoms with E-state index in [-0.39, 0.29) is 11.6 Å². The van der Waals surface area contributed by atoms with E-state index in [1.165, 1.54) is 19.3 Å². The number of carbonyl (C=O) groups excluding carboxylic acids is 1. The van der Waals surface area contributed by atoms with Gasteiger partial charge in [0.2, 0.25) is 0 Å². The maximum absolute atomic E-state index is 12.0. The first-order valence-electron chi connectivity index (χ1n) is 6.28. The predicted octanol–water partition coefficient (Wildman–Crippen LogP) is 2.48. The van der Waals surface area contributed by atoms with Crippen LogP contribution in [-0.4, -0.2) is 17.4 Å². The van der Waals surface area contributed by atoms with Gasteiger partial charge in [-0.15, -0.1) is 0 Å². The Hall–Kier alpha value is -1.29. The van der Waals surface area contributed by atoms with Crippen molar-refractivity contribution >= 4 is 23.3 Å². The molecule has 1 fully saturated rings. The molecule has 1 aliphatic carbocycles. The highest BCUT2D eigenvalue weighted by atomic mass is 35.5. The fraction of sp³-hybridized carbons (Fsp3) is 0.538. The molecule has 2 rings (SSSR count). The van der Waals surface area contributed by atoms with E-state index in [4.69, 9.17) is 17.3 Å². The molecule has 98 valence electrons. The lowest BCUT2D eigenvalue weighted by atomic mass is 9.98. The molecule has 5 heteroatoms. The van der Waals surface area contributed by atoms with Crippen molar-refractivity contribution in [1.82, 2.24) is 10.3 Å². The van der Waals surface area contributed by atoms with E-state index in [1.54, 1.807) is 12.1 Å². The van der Waals surface area contributed by atoms with Crippen LogP contribution in [0, 0.1) is 11.8 Å². The highest BCUT2D eigenvalue weighted by molar-refractivity contribution is 6.33. The number of aromatic nitrogens is 1. The Balaban J connectivity index is 1.97. The van der Waals surface area contributed by atoms with Crippen LogP contribution in [0.5, 0.6) is 0 Å². The standard InChI is InChI=1S/C13H18ClN3O/c1-8-3-2-4-9(8)7-16-13(18)12-10(14)5-6-11(15)17-12/h5-6,8-9H,2-4,7H2,1H3,(H2,15,17)(H,16,18). The van der Waals surface area contributed by atoms with Crippen LogP contribution in [0.4, 0.5) is 5.82 Å². The highest BCUT2D eigenvalue weighted by Gasteiger charge is 2.24. The minimum absolute atomic E-state index is 0.210. The summed E-state index contributed by atoms with van der Waals surface area (Å²) in [7, 11) is 0. The lowest BCUT2D eigenvalue weighted by Gasteiger charge is -2.15. The van der Waals surface area contributed by atoms with Crippen molar-refractivity contribution in [1.29, 1.82) is 0 Å². The minimum atomic E-state index is -0.244. The smallest absolute Gasteiger partial charge is 0.271 e. The van der Waals surface area contributed by atoms with Gasteiger partial charge in [-0.1, -0.05) is 31.4 Å². The fourth-order valence-electron chi connectivity index (χ4n) is 2.45. The van der Waals surface area contributed by atoms with Crippen molar-refractivity contribution in [3.05, 3.63) is 22.8 Å². The molecule has 0 spiro atoms. The molecule has 0 saturated heterocycles. The number of amides is 1. The Morgan fingerprint density at radius 1 is 1.56 bits per heavy atom. The number of hydrogen-bond donors (Lipinski definition) is 2. The number of nitrogens with zero attached hydrogens (tertiary/aromatic N) is 1. The zero-order valence-corrected chi connectivity index (χ0v) is 11.2. The molecule has 1 saturated carbocycles. The van der Waals surface area contributed by atoms with E-state index >= 15 is 0 Å². The molecule has 1 aliphatic rings. The van der Waals surface area contributed by atoms with Crippen LogP contribution in [0.15, 0.2) is 12.1 Å². The summed E-state index contributed by atoms with van der Waals surface area (Å²) in [6.07, 6.45) is 3.68. The summed E-state index contributed by atoms with van der Waals surface area (Å²) in [6, 6.07) is 3.18. The molecule has 2 unspecified atom stereocenters. The third-order valence-corrected chi connectivity index (χ3v) is 3.95. The molecule has 0 bridgehead atoms. The number of halogens is 1. The van der Waals surface area contributed by atoms with Crippen LogP contribution in [0.1, 0.15) is 36.7 Å². The number of anilines is 1. The van der Waals surface area contributed by atoms with Crippen LogP contribution in [0.2, 0.25) is 5.02 Å². The molecule has 0 aliphatic heterocycles. The predicted molar refractivity (Wildman–Crippen MR) is 72.5 cm³/mol. The summed E-state index contributed by atoms with van der Waals surface area (Å²) < 4.78 is 0. The second kappa shape index (κ2) is 5.57. The van der Waals surface area contributed by atoms with Crippen molar-refractivity contribution in [2.75, 3.05) is 12.3 Å². The van der Waals surface area contributed by atoms with Crippen molar-refractivity contribution < 1.29 is 4.79 Å². The van der Waals surface area contributed by atoms with Crippen LogP contribution < -0.4 is 11.1 Å². The second-order valence-electron chi connectivity index (χ2n) is 4.94. The number of nitrogens with one attached hydrogen (secondary N) is 1. The van der Waals surface area contributed by atoms with Gasteiger partial charge in [0.1, 0.15) is 11.5 Å². The summed E-state index contributed by atoms with van der Waals surface area (Å²) in [5.74, 6) is 1.30. The summed E-state index contributed by atoms with van der Waals surface area (Å²) >= 11 is 5.94. The lowest BCUT2D eigenvalue weighted by molar-refractivity contribution is 0.0940. The fourth-order valence-corrected chi connectivity index (χ4v) is 2.64. The molecule has 3 N–H and O–H groups in total. The molecule has 1 heterocycles. The Morgan fingerprint density at radius 3 is 3.00 bits per heavy atom. The first kappa shape index (κ1) is 13.1. The van der Waals surface area contributed by atoms with Gasteiger partial charge in [0.05, 0.1) is 5.02 Å².